The highest BCUT2D eigenvalue weighted by molar-refractivity contribution is 6.30. The number of nitrogens with one attached hydrogen (secondary N) is 2. The first-order valence-electron chi connectivity index (χ1n) is 12.0. The number of benzene rings is 2. The van der Waals surface area contributed by atoms with Gasteiger partial charge in [0.25, 0.3) is 0 Å². The first kappa shape index (κ1) is 21.9. The molecule has 4 bridgehead atoms. The van der Waals surface area contributed by atoms with Gasteiger partial charge >= 0.3 is 0 Å². The molecule has 5 heteroatoms. The molecule has 2 N–H and O–H groups in total. The van der Waals surface area contributed by atoms with Crippen LogP contribution in [0.4, 0.5) is 0 Å². The average molecular weight is 452 g/mol. The van der Waals surface area contributed by atoms with E-state index < -0.39 is 5.54 Å². The number of hydrogen-bond donors (Lipinski definition) is 2. The molecule has 32 heavy (non-hydrogen) atoms. The molecule has 0 spiro atoms. The molecule has 2 aromatic carbocycles. The summed E-state index contributed by atoms with van der Waals surface area (Å²) in [6.07, 6.45) is 2.18. The minimum Gasteiger partial charge on any atom is -0.350 e. The summed E-state index contributed by atoms with van der Waals surface area (Å²) in [5.41, 5.74) is 1.92. The predicted molar refractivity (Wildman–Crippen MR) is 129 cm³/mol. The van der Waals surface area contributed by atoms with Crippen LogP contribution in [-0.2, 0) is 17.8 Å². The number of hydrogen-bond acceptors (Lipinski definition) is 3. The maximum atomic E-state index is 13.9. The molecule has 4 aliphatic rings. The van der Waals surface area contributed by atoms with Gasteiger partial charge in [0.1, 0.15) is 5.54 Å². The van der Waals surface area contributed by atoms with Gasteiger partial charge in [-0.1, -0.05) is 67.9 Å². The molecule has 5 atom stereocenters. The van der Waals surface area contributed by atoms with Gasteiger partial charge in [0.05, 0.1) is 0 Å². The van der Waals surface area contributed by atoms with Crippen molar-refractivity contribution >= 4 is 17.5 Å². The van der Waals surface area contributed by atoms with E-state index in [1.807, 2.05) is 24.3 Å². The Balaban J connectivity index is 1.43. The molecule has 1 aliphatic carbocycles. The van der Waals surface area contributed by atoms with Crippen LogP contribution >= 0.6 is 11.6 Å². The molecule has 6 rings (SSSR count). The Kier molecular flexibility index (Phi) is 6.04. The number of likely N-dealkylation sites (tertiary alicyclic amines) is 1. The summed E-state index contributed by atoms with van der Waals surface area (Å²) in [6.45, 7) is 8.08. The van der Waals surface area contributed by atoms with Gasteiger partial charge in [0.15, 0.2) is 0 Å². The number of fused-ring (bicyclic) bond motifs is 1. The molecule has 3 saturated heterocycles. The number of halogens is 1. The second-order valence-electron chi connectivity index (χ2n) is 10.4. The summed E-state index contributed by atoms with van der Waals surface area (Å²) in [7, 11) is 0. The molecule has 170 valence electrons. The fraction of sp³-hybridized carbons (Fsp3) is 0.519. The minimum atomic E-state index is -0.498. The largest absolute Gasteiger partial charge is 0.350 e. The molecule has 1 saturated carbocycles. The SMILES string of the molecule is CC(C)CN1CC2CC3CNC2(C(=O)NCc2cccc(Cl)c2)C1C3Cc1ccccc1. The molecule has 1 amide bonds. The minimum absolute atomic E-state index is 0.162. The van der Waals surface area contributed by atoms with E-state index in [-0.39, 0.29) is 11.9 Å². The first-order valence-corrected chi connectivity index (χ1v) is 12.4. The Morgan fingerprint density at radius 1 is 1.19 bits per heavy atom. The van der Waals surface area contributed by atoms with Gasteiger partial charge in [0, 0.05) is 36.6 Å². The predicted octanol–water partition coefficient (Wildman–Crippen LogP) is 4.13. The first-order chi connectivity index (χ1) is 15.5. The van der Waals surface area contributed by atoms with Crippen LogP contribution in [-0.4, -0.2) is 42.0 Å². The van der Waals surface area contributed by atoms with Gasteiger partial charge in [0.2, 0.25) is 5.91 Å². The molecule has 0 radical (unpaired) electrons. The van der Waals surface area contributed by atoms with Crippen molar-refractivity contribution in [3.8, 4) is 0 Å². The second-order valence-corrected chi connectivity index (χ2v) is 10.8. The van der Waals surface area contributed by atoms with Gasteiger partial charge in [-0.15, -0.1) is 0 Å². The second kappa shape index (κ2) is 8.81. The third-order valence-corrected chi connectivity index (χ3v) is 8.08. The zero-order chi connectivity index (χ0) is 22.3. The van der Waals surface area contributed by atoms with E-state index in [1.54, 1.807) is 0 Å². The maximum absolute atomic E-state index is 13.9. The number of carbonyl (C=O) groups excluding carboxylic acids is 1. The van der Waals surface area contributed by atoms with Crippen molar-refractivity contribution in [1.82, 2.24) is 15.5 Å². The van der Waals surface area contributed by atoms with Gasteiger partial charge in [-0.05, 0) is 60.4 Å². The number of amides is 1. The zero-order valence-electron chi connectivity index (χ0n) is 19.1. The topological polar surface area (TPSA) is 44.4 Å². The molecule has 0 aromatic heterocycles. The van der Waals surface area contributed by atoms with E-state index in [0.717, 1.165) is 38.0 Å². The number of carbonyl (C=O) groups is 1. The van der Waals surface area contributed by atoms with Crippen molar-refractivity contribution in [2.45, 2.75) is 44.8 Å². The normalized spacial score (nSPS) is 31.2. The van der Waals surface area contributed by atoms with Crippen LogP contribution in [0.1, 0.15) is 31.4 Å². The third kappa shape index (κ3) is 3.87. The van der Waals surface area contributed by atoms with Crippen LogP contribution in [0.15, 0.2) is 54.6 Å². The quantitative estimate of drug-likeness (QED) is 0.665. The van der Waals surface area contributed by atoms with Crippen LogP contribution < -0.4 is 10.6 Å². The zero-order valence-corrected chi connectivity index (χ0v) is 19.8. The fourth-order valence-corrected chi connectivity index (χ4v) is 6.93. The van der Waals surface area contributed by atoms with E-state index in [2.05, 4.69) is 59.7 Å². The van der Waals surface area contributed by atoms with Crippen molar-refractivity contribution in [2.75, 3.05) is 19.6 Å². The molecular weight excluding hydrogens is 418 g/mol. The van der Waals surface area contributed by atoms with E-state index in [4.69, 9.17) is 11.6 Å². The molecule has 4 nitrogen and oxygen atoms in total. The van der Waals surface area contributed by atoms with Crippen molar-refractivity contribution in [2.24, 2.45) is 23.7 Å². The Morgan fingerprint density at radius 3 is 2.72 bits per heavy atom. The van der Waals surface area contributed by atoms with Crippen molar-refractivity contribution in [3.05, 3.63) is 70.7 Å². The van der Waals surface area contributed by atoms with Crippen LogP contribution in [0.2, 0.25) is 5.02 Å². The lowest BCUT2D eigenvalue weighted by atomic mass is 9.58. The summed E-state index contributed by atoms with van der Waals surface area (Å²) in [5.74, 6) is 2.24. The van der Waals surface area contributed by atoms with Gasteiger partial charge in [-0.25, -0.2) is 0 Å². The Labute approximate surface area is 196 Å². The summed E-state index contributed by atoms with van der Waals surface area (Å²) in [6, 6.07) is 18.8. The van der Waals surface area contributed by atoms with Gasteiger partial charge < -0.3 is 10.6 Å². The summed E-state index contributed by atoms with van der Waals surface area (Å²) < 4.78 is 0. The number of piperidine rings is 2. The van der Waals surface area contributed by atoms with Crippen LogP contribution in [0.5, 0.6) is 0 Å². The van der Waals surface area contributed by atoms with E-state index in [1.165, 1.54) is 5.56 Å². The molecule has 3 aliphatic heterocycles. The highest BCUT2D eigenvalue weighted by Gasteiger charge is 2.67. The maximum Gasteiger partial charge on any atom is 0.242 e. The lowest BCUT2D eigenvalue weighted by molar-refractivity contribution is -0.138. The van der Waals surface area contributed by atoms with Gasteiger partial charge in [-0.3, -0.25) is 9.69 Å². The molecule has 3 heterocycles. The van der Waals surface area contributed by atoms with Crippen LogP contribution in [0.25, 0.3) is 0 Å². The molecule has 2 aromatic rings. The standard InChI is InChI=1S/C27H34ClN3O/c1-18(2)16-31-17-22-13-21-15-30-27(22,25(31)24(21)12-19-7-4-3-5-8-19)26(32)29-14-20-9-6-10-23(28)11-20/h3-11,18,21-22,24-25,30H,12-17H2,1-2H3,(H,29,32). The van der Waals surface area contributed by atoms with E-state index >= 15 is 0 Å². The molecular formula is C27H34ClN3O. The average Bonchev–Trinajstić information content (AvgIpc) is 3.03. The highest BCUT2D eigenvalue weighted by atomic mass is 35.5. The number of nitrogens with zero attached hydrogens (tertiary/aromatic N) is 1. The Bertz CT molecular complexity index is 964. The summed E-state index contributed by atoms with van der Waals surface area (Å²) in [4.78, 5) is 16.5. The third-order valence-electron chi connectivity index (χ3n) is 7.85. The molecule has 4 fully saturated rings. The smallest absolute Gasteiger partial charge is 0.242 e. The fourth-order valence-electron chi connectivity index (χ4n) is 6.72. The highest BCUT2D eigenvalue weighted by Crippen LogP contribution is 2.53. The van der Waals surface area contributed by atoms with Crippen molar-refractivity contribution in [3.63, 3.8) is 0 Å². The van der Waals surface area contributed by atoms with E-state index in [0.29, 0.717) is 35.2 Å². The number of rotatable bonds is 7. The summed E-state index contributed by atoms with van der Waals surface area (Å²) >= 11 is 6.16. The van der Waals surface area contributed by atoms with Gasteiger partial charge in [-0.2, -0.15) is 0 Å². The summed E-state index contributed by atoms with van der Waals surface area (Å²) in [5, 5.41) is 7.77. The van der Waals surface area contributed by atoms with Crippen molar-refractivity contribution < 1.29 is 4.79 Å². The lowest BCUT2D eigenvalue weighted by Gasteiger charge is -2.56. The van der Waals surface area contributed by atoms with E-state index in [9.17, 15) is 4.79 Å². The Hall–Kier alpha value is -1.88. The van der Waals surface area contributed by atoms with Crippen LogP contribution in [0, 0.1) is 23.7 Å². The van der Waals surface area contributed by atoms with Crippen molar-refractivity contribution in [1.29, 1.82) is 0 Å². The molecule has 5 unspecified atom stereocenters. The van der Waals surface area contributed by atoms with Crippen LogP contribution in [0.3, 0.4) is 0 Å². The lowest BCUT2D eigenvalue weighted by Crippen LogP contribution is -2.76. The Morgan fingerprint density at radius 2 is 1.97 bits per heavy atom. The monoisotopic (exact) mass is 451 g/mol.